The minimum absolute atomic E-state index is 0.00860. The van der Waals surface area contributed by atoms with Crippen LogP contribution in [-0.4, -0.2) is 34.5 Å². The summed E-state index contributed by atoms with van der Waals surface area (Å²) in [4.78, 5) is 48.7. The molecule has 0 saturated heterocycles. The number of ether oxygens (including phenoxy) is 1. The van der Waals surface area contributed by atoms with Crippen LogP contribution in [0.4, 0.5) is 0 Å². The molecule has 0 unspecified atom stereocenters. The first-order chi connectivity index (χ1) is 11.0. The van der Waals surface area contributed by atoms with Crippen molar-refractivity contribution >= 4 is 28.7 Å². The smallest absolute Gasteiger partial charge is 0.398 e. The molecule has 0 aliphatic heterocycles. The fourth-order valence-electron chi connectivity index (χ4n) is 1.86. The van der Waals surface area contributed by atoms with Gasteiger partial charge in [0.25, 0.3) is 11.5 Å². The summed E-state index contributed by atoms with van der Waals surface area (Å²) in [6.07, 6.45) is 0. The van der Waals surface area contributed by atoms with E-state index in [0.29, 0.717) is 5.52 Å². The summed E-state index contributed by atoms with van der Waals surface area (Å²) in [5.74, 6) is -4.01. The van der Waals surface area contributed by atoms with Crippen molar-refractivity contribution in [3.63, 3.8) is 0 Å². The highest BCUT2D eigenvalue weighted by Crippen LogP contribution is 2.23. The molecule has 0 spiro atoms. The summed E-state index contributed by atoms with van der Waals surface area (Å²) in [6, 6.07) is 6.33. The van der Waals surface area contributed by atoms with E-state index in [9.17, 15) is 24.3 Å². The number of aromatic nitrogens is 1. The standard InChI is InChI=1S/C14H13N3O6/c1-2-23-14(22)13(21)17-16-12(20)9-10(18)7-5-3-4-6-8(7)15-11(9)19/h3-6H,2H2,1H3,(H,16,20)(H,17,21)(H2,15,18,19). The maximum Gasteiger partial charge on any atom is 0.398 e. The third-order valence-corrected chi connectivity index (χ3v) is 2.87. The molecule has 2 rings (SSSR count). The number of fused-ring (bicyclic) bond motifs is 1. The van der Waals surface area contributed by atoms with Crippen LogP contribution >= 0.6 is 0 Å². The van der Waals surface area contributed by atoms with Crippen molar-refractivity contribution in [3.05, 3.63) is 40.2 Å². The number of pyridine rings is 1. The van der Waals surface area contributed by atoms with Crippen LogP contribution in [0.5, 0.6) is 5.75 Å². The maximum atomic E-state index is 12.0. The Bertz CT molecular complexity index is 842. The molecule has 0 atom stereocenters. The third-order valence-electron chi connectivity index (χ3n) is 2.87. The number of carbonyl (C=O) groups excluding carboxylic acids is 3. The number of hydrogen-bond donors (Lipinski definition) is 4. The number of nitrogens with one attached hydrogen (secondary N) is 3. The molecule has 1 aromatic carbocycles. The first-order valence-electron chi connectivity index (χ1n) is 6.57. The second-order valence-corrected chi connectivity index (χ2v) is 4.35. The number of para-hydroxylation sites is 1. The number of H-pyrrole nitrogens is 1. The molecule has 0 fully saturated rings. The van der Waals surface area contributed by atoms with Crippen LogP contribution in [0.15, 0.2) is 29.1 Å². The SMILES string of the molecule is CCOC(=O)C(=O)NNC(=O)c1c(O)c2ccccc2[nH]c1=O. The first kappa shape index (κ1) is 16.0. The van der Waals surface area contributed by atoms with E-state index in [1.54, 1.807) is 23.6 Å². The molecule has 0 bridgehead atoms. The number of aromatic hydroxyl groups is 1. The molecular formula is C14H13N3O6. The van der Waals surface area contributed by atoms with Gasteiger partial charge in [-0.25, -0.2) is 4.79 Å². The van der Waals surface area contributed by atoms with Crippen molar-refractivity contribution in [1.82, 2.24) is 15.8 Å². The number of aromatic amines is 1. The molecule has 0 radical (unpaired) electrons. The third kappa shape index (κ3) is 3.28. The maximum absolute atomic E-state index is 12.0. The van der Waals surface area contributed by atoms with Crippen LogP contribution in [0.1, 0.15) is 17.3 Å². The van der Waals surface area contributed by atoms with Crippen LogP contribution in [-0.2, 0) is 14.3 Å². The average Bonchev–Trinajstić information content (AvgIpc) is 2.52. The van der Waals surface area contributed by atoms with Gasteiger partial charge in [0.15, 0.2) is 0 Å². The van der Waals surface area contributed by atoms with Gasteiger partial charge in [0.2, 0.25) is 0 Å². The fourth-order valence-corrected chi connectivity index (χ4v) is 1.86. The predicted molar refractivity (Wildman–Crippen MR) is 78.5 cm³/mol. The molecule has 0 aliphatic rings. The predicted octanol–water partition coefficient (Wildman–Crippen LogP) is -0.442. The Labute approximate surface area is 129 Å². The summed E-state index contributed by atoms with van der Waals surface area (Å²) in [6.45, 7) is 1.50. The van der Waals surface area contributed by atoms with Crippen molar-refractivity contribution in [2.24, 2.45) is 0 Å². The summed E-state index contributed by atoms with van der Waals surface area (Å²) < 4.78 is 4.43. The van der Waals surface area contributed by atoms with Gasteiger partial charge in [-0.1, -0.05) is 12.1 Å². The second kappa shape index (κ2) is 6.60. The normalized spacial score (nSPS) is 10.1. The number of amides is 2. The van der Waals surface area contributed by atoms with Gasteiger partial charge in [-0.15, -0.1) is 0 Å². The Hall–Kier alpha value is -3.36. The Kier molecular flexibility index (Phi) is 4.60. The molecule has 120 valence electrons. The molecule has 23 heavy (non-hydrogen) atoms. The van der Waals surface area contributed by atoms with E-state index < -0.39 is 34.7 Å². The van der Waals surface area contributed by atoms with Gasteiger partial charge in [0.05, 0.1) is 12.1 Å². The molecule has 1 aromatic heterocycles. The molecule has 9 heteroatoms. The molecular weight excluding hydrogens is 306 g/mol. The summed E-state index contributed by atoms with van der Waals surface area (Å²) in [5, 5.41) is 10.3. The quantitative estimate of drug-likeness (QED) is 0.336. The summed E-state index contributed by atoms with van der Waals surface area (Å²) in [5.41, 5.74) is 2.57. The topological polar surface area (TPSA) is 138 Å². The Balaban J connectivity index is 2.23. The Morgan fingerprint density at radius 1 is 1.22 bits per heavy atom. The van der Waals surface area contributed by atoms with E-state index in [1.165, 1.54) is 13.0 Å². The zero-order valence-electron chi connectivity index (χ0n) is 12.0. The van der Waals surface area contributed by atoms with E-state index in [0.717, 1.165) is 0 Å². The zero-order chi connectivity index (χ0) is 17.0. The number of carbonyl (C=O) groups is 3. The lowest BCUT2D eigenvalue weighted by molar-refractivity contribution is -0.154. The van der Waals surface area contributed by atoms with Crippen molar-refractivity contribution in [2.75, 3.05) is 6.61 Å². The number of esters is 1. The molecule has 9 nitrogen and oxygen atoms in total. The van der Waals surface area contributed by atoms with Gasteiger partial charge in [-0.05, 0) is 19.1 Å². The number of hydrazine groups is 1. The van der Waals surface area contributed by atoms with E-state index >= 15 is 0 Å². The van der Waals surface area contributed by atoms with Gasteiger partial charge >= 0.3 is 11.9 Å². The molecule has 2 aromatic rings. The van der Waals surface area contributed by atoms with Crippen LogP contribution < -0.4 is 16.4 Å². The zero-order valence-corrected chi connectivity index (χ0v) is 12.0. The van der Waals surface area contributed by atoms with Crippen molar-refractivity contribution in [3.8, 4) is 5.75 Å². The summed E-state index contributed by atoms with van der Waals surface area (Å²) >= 11 is 0. The van der Waals surface area contributed by atoms with Crippen LogP contribution in [0.3, 0.4) is 0 Å². The highest BCUT2D eigenvalue weighted by Gasteiger charge is 2.21. The van der Waals surface area contributed by atoms with Crippen molar-refractivity contribution in [2.45, 2.75) is 6.92 Å². The highest BCUT2D eigenvalue weighted by atomic mass is 16.5. The van der Waals surface area contributed by atoms with Crippen molar-refractivity contribution in [1.29, 1.82) is 0 Å². The number of benzene rings is 1. The monoisotopic (exact) mass is 319 g/mol. The van der Waals surface area contributed by atoms with E-state index in [1.807, 2.05) is 5.43 Å². The minimum atomic E-state index is -1.21. The molecule has 0 aliphatic carbocycles. The lowest BCUT2D eigenvalue weighted by atomic mass is 10.1. The van der Waals surface area contributed by atoms with Crippen LogP contribution in [0.2, 0.25) is 0 Å². The van der Waals surface area contributed by atoms with E-state index in [2.05, 4.69) is 9.72 Å². The lowest BCUT2D eigenvalue weighted by Crippen LogP contribution is -2.46. The second-order valence-electron chi connectivity index (χ2n) is 4.35. The Morgan fingerprint density at radius 3 is 2.61 bits per heavy atom. The van der Waals surface area contributed by atoms with Gasteiger partial charge in [-0.2, -0.15) is 0 Å². The summed E-state index contributed by atoms with van der Waals surface area (Å²) in [7, 11) is 0. The highest BCUT2D eigenvalue weighted by molar-refractivity contribution is 6.32. The van der Waals surface area contributed by atoms with Gasteiger partial charge in [-0.3, -0.25) is 25.2 Å². The fraction of sp³-hybridized carbons (Fsp3) is 0.143. The number of hydrogen-bond acceptors (Lipinski definition) is 6. The number of rotatable bonds is 2. The van der Waals surface area contributed by atoms with Crippen LogP contribution in [0.25, 0.3) is 10.9 Å². The minimum Gasteiger partial charge on any atom is -0.506 e. The molecule has 4 N–H and O–H groups in total. The first-order valence-corrected chi connectivity index (χ1v) is 6.57. The van der Waals surface area contributed by atoms with Crippen LogP contribution in [0, 0.1) is 0 Å². The largest absolute Gasteiger partial charge is 0.506 e. The van der Waals surface area contributed by atoms with Gasteiger partial charge < -0.3 is 14.8 Å². The molecule has 1 heterocycles. The van der Waals surface area contributed by atoms with Gasteiger partial charge in [0.1, 0.15) is 11.3 Å². The van der Waals surface area contributed by atoms with E-state index in [4.69, 9.17) is 0 Å². The molecule has 2 amide bonds. The molecule has 0 saturated carbocycles. The lowest BCUT2D eigenvalue weighted by Gasteiger charge is -2.09. The Morgan fingerprint density at radius 2 is 1.91 bits per heavy atom. The van der Waals surface area contributed by atoms with Gasteiger partial charge in [0, 0.05) is 5.39 Å². The average molecular weight is 319 g/mol. The van der Waals surface area contributed by atoms with Crippen molar-refractivity contribution < 1.29 is 24.2 Å². The van der Waals surface area contributed by atoms with E-state index in [-0.39, 0.29) is 12.0 Å².